The quantitative estimate of drug-likeness (QED) is 0.654. The van der Waals surface area contributed by atoms with Crippen LogP contribution < -0.4 is 16.0 Å². The Morgan fingerprint density at radius 3 is 2.57 bits per heavy atom. The average Bonchev–Trinajstić information content (AvgIpc) is 2.38. The highest BCUT2D eigenvalue weighted by Gasteiger charge is 2.17. The first-order valence-corrected chi connectivity index (χ1v) is 6.23. The van der Waals surface area contributed by atoms with E-state index in [-0.39, 0.29) is 17.2 Å². The van der Waals surface area contributed by atoms with E-state index in [2.05, 4.69) is 16.0 Å². The lowest BCUT2D eigenvalue weighted by Crippen LogP contribution is -2.46. The Morgan fingerprint density at radius 2 is 2.00 bits per heavy atom. The number of benzene rings is 1. The number of carbonyl (C=O) groups is 3. The molecule has 0 spiro atoms. The van der Waals surface area contributed by atoms with Crippen molar-refractivity contribution in [1.82, 2.24) is 10.6 Å². The average molecular weight is 297 g/mol. The fourth-order valence-electron chi connectivity index (χ4n) is 1.55. The maximum Gasteiger partial charge on any atom is 0.337 e. The summed E-state index contributed by atoms with van der Waals surface area (Å²) in [6, 6.07) is 1.29. The Kier molecular flexibility index (Phi) is 5.65. The second-order valence-electron chi connectivity index (χ2n) is 4.21. The van der Waals surface area contributed by atoms with E-state index in [0.29, 0.717) is 6.54 Å². The number of carboxylic acid groups (broad SMARTS) is 1. The van der Waals surface area contributed by atoms with Crippen molar-refractivity contribution in [3.8, 4) is 0 Å². The van der Waals surface area contributed by atoms with Crippen molar-refractivity contribution in [2.75, 3.05) is 11.9 Å². The van der Waals surface area contributed by atoms with E-state index in [4.69, 9.17) is 5.11 Å². The van der Waals surface area contributed by atoms with Gasteiger partial charge in [0.25, 0.3) is 0 Å². The molecule has 0 aliphatic carbocycles. The van der Waals surface area contributed by atoms with E-state index in [1.807, 2.05) is 0 Å². The summed E-state index contributed by atoms with van der Waals surface area (Å²) in [5.41, 5.74) is -0.444. The first-order valence-electron chi connectivity index (χ1n) is 6.23. The SMILES string of the molecule is CCNC(=O)C(C)NC(=O)Nc1cc(F)ccc1C(=O)O. The Labute approximate surface area is 120 Å². The van der Waals surface area contributed by atoms with E-state index in [1.165, 1.54) is 6.92 Å². The number of hydrogen-bond donors (Lipinski definition) is 4. The van der Waals surface area contributed by atoms with Crippen LogP contribution in [0.2, 0.25) is 0 Å². The Hall–Kier alpha value is -2.64. The summed E-state index contributed by atoms with van der Waals surface area (Å²) < 4.78 is 13.1. The van der Waals surface area contributed by atoms with E-state index in [0.717, 1.165) is 18.2 Å². The normalized spacial score (nSPS) is 11.4. The molecule has 8 heteroatoms. The zero-order chi connectivity index (χ0) is 16.0. The second-order valence-corrected chi connectivity index (χ2v) is 4.21. The smallest absolute Gasteiger partial charge is 0.337 e. The number of halogens is 1. The molecule has 114 valence electrons. The largest absolute Gasteiger partial charge is 0.478 e. The van der Waals surface area contributed by atoms with E-state index < -0.39 is 23.9 Å². The molecule has 1 aromatic carbocycles. The van der Waals surface area contributed by atoms with E-state index in [9.17, 15) is 18.8 Å². The third kappa shape index (κ3) is 4.75. The van der Waals surface area contributed by atoms with Crippen molar-refractivity contribution in [3.63, 3.8) is 0 Å². The monoisotopic (exact) mass is 297 g/mol. The summed E-state index contributed by atoms with van der Waals surface area (Å²) >= 11 is 0. The van der Waals surface area contributed by atoms with Crippen LogP contribution in [0.5, 0.6) is 0 Å². The number of nitrogens with one attached hydrogen (secondary N) is 3. The number of carbonyl (C=O) groups excluding carboxylic acids is 2. The van der Waals surface area contributed by atoms with Gasteiger partial charge in [-0.05, 0) is 32.0 Å². The number of urea groups is 1. The topological polar surface area (TPSA) is 108 Å². The maximum absolute atomic E-state index is 13.1. The molecule has 0 saturated heterocycles. The van der Waals surface area contributed by atoms with Gasteiger partial charge in [0, 0.05) is 6.54 Å². The van der Waals surface area contributed by atoms with Crippen LogP contribution in [0.3, 0.4) is 0 Å². The predicted octanol–water partition coefficient (Wildman–Crippen LogP) is 1.17. The number of amides is 3. The van der Waals surface area contributed by atoms with Crippen LogP contribution in [-0.2, 0) is 4.79 Å². The van der Waals surface area contributed by atoms with Crippen LogP contribution in [0.25, 0.3) is 0 Å². The molecular weight excluding hydrogens is 281 g/mol. The van der Waals surface area contributed by atoms with Crippen LogP contribution in [0.1, 0.15) is 24.2 Å². The molecule has 21 heavy (non-hydrogen) atoms. The van der Waals surface area contributed by atoms with Gasteiger partial charge in [-0.15, -0.1) is 0 Å². The Bertz CT molecular complexity index is 562. The molecule has 0 aliphatic rings. The van der Waals surface area contributed by atoms with Crippen LogP contribution in [0, 0.1) is 5.82 Å². The summed E-state index contributed by atoms with van der Waals surface area (Å²) in [6.07, 6.45) is 0. The van der Waals surface area contributed by atoms with Crippen LogP contribution in [-0.4, -0.2) is 35.6 Å². The molecule has 0 heterocycles. The van der Waals surface area contributed by atoms with Crippen LogP contribution in [0.4, 0.5) is 14.9 Å². The van der Waals surface area contributed by atoms with Gasteiger partial charge in [0.05, 0.1) is 11.3 Å². The lowest BCUT2D eigenvalue weighted by Gasteiger charge is -2.15. The number of rotatable bonds is 5. The first-order chi connectivity index (χ1) is 9.85. The molecule has 0 bridgehead atoms. The van der Waals surface area contributed by atoms with Crippen molar-refractivity contribution in [2.24, 2.45) is 0 Å². The third-order valence-electron chi connectivity index (χ3n) is 2.55. The summed E-state index contributed by atoms with van der Waals surface area (Å²) in [4.78, 5) is 34.1. The summed E-state index contributed by atoms with van der Waals surface area (Å²) in [5.74, 6) is -2.38. The first kappa shape index (κ1) is 16.4. The minimum Gasteiger partial charge on any atom is -0.478 e. The fourth-order valence-corrected chi connectivity index (χ4v) is 1.55. The second kappa shape index (κ2) is 7.22. The molecule has 0 saturated carbocycles. The predicted molar refractivity (Wildman–Crippen MR) is 73.7 cm³/mol. The summed E-state index contributed by atoms with van der Waals surface area (Å²) in [7, 11) is 0. The standard InChI is InChI=1S/C13H16FN3O4/c1-3-15-11(18)7(2)16-13(21)17-10-6-8(14)4-5-9(10)12(19)20/h4-7H,3H2,1-2H3,(H,15,18)(H,19,20)(H2,16,17,21). The zero-order valence-corrected chi connectivity index (χ0v) is 11.6. The van der Waals surface area contributed by atoms with Crippen LogP contribution >= 0.6 is 0 Å². The number of anilines is 1. The number of likely N-dealkylation sites (N-methyl/N-ethyl adjacent to an activating group) is 1. The van der Waals surface area contributed by atoms with Crippen LogP contribution in [0.15, 0.2) is 18.2 Å². The highest BCUT2D eigenvalue weighted by Crippen LogP contribution is 2.17. The minimum atomic E-state index is -1.30. The molecule has 1 unspecified atom stereocenters. The molecule has 3 amide bonds. The molecule has 0 radical (unpaired) electrons. The van der Waals surface area contributed by atoms with Gasteiger partial charge in [0.1, 0.15) is 11.9 Å². The van der Waals surface area contributed by atoms with Gasteiger partial charge in [0.15, 0.2) is 0 Å². The van der Waals surface area contributed by atoms with Gasteiger partial charge < -0.3 is 21.1 Å². The summed E-state index contributed by atoms with van der Waals surface area (Å²) in [6.45, 7) is 3.62. The Balaban J connectivity index is 2.77. The highest BCUT2D eigenvalue weighted by molar-refractivity contribution is 6.00. The van der Waals surface area contributed by atoms with E-state index >= 15 is 0 Å². The molecule has 0 aliphatic heterocycles. The Morgan fingerprint density at radius 1 is 1.33 bits per heavy atom. The number of aromatic carboxylic acids is 1. The van der Waals surface area contributed by atoms with Gasteiger partial charge in [-0.1, -0.05) is 0 Å². The van der Waals surface area contributed by atoms with E-state index in [1.54, 1.807) is 6.92 Å². The maximum atomic E-state index is 13.1. The van der Waals surface area contributed by atoms with Gasteiger partial charge >= 0.3 is 12.0 Å². The van der Waals surface area contributed by atoms with Gasteiger partial charge in [-0.3, -0.25) is 4.79 Å². The fraction of sp³-hybridized carbons (Fsp3) is 0.308. The molecular formula is C13H16FN3O4. The van der Waals surface area contributed by atoms with Gasteiger partial charge in [0.2, 0.25) is 5.91 Å². The van der Waals surface area contributed by atoms with Crippen molar-refractivity contribution in [2.45, 2.75) is 19.9 Å². The van der Waals surface area contributed by atoms with Gasteiger partial charge in [-0.2, -0.15) is 0 Å². The third-order valence-corrected chi connectivity index (χ3v) is 2.55. The molecule has 7 nitrogen and oxygen atoms in total. The highest BCUT2D eigenvalue weighted by atomic mass is 19.1. The molecule has 0 aromatic heterocycles. The number of carboxylic acids is 1. The zero-order valence-electron chi connectivity index (χ0n) is 11.6. The van der Waals surface area contributed by atoms with Crippen molar-refractivity contribution in [1.29, 1.82) is 0 Å². The molecule has 4 N–H and O–H groups in total. The lowest BCUT2D eigenvalue weighted by atomic mass is 10.2. The molecule has 1 aromatic rings. The van der Waals surface area contributed by atoms with Crippen molar-refractivity contribution < 1.29 is 23.9 Å². The molecule has 1 atom stereocenters. The van der Waals surface area contributed by atoms with Crippen molar-refractivity contribution >= 4 is 23.6 Å². The molecule has 1 rings (SSSR count). The summed E-state index contributed by atoms with van der Waals surface area (Å²) in [5, 5.41) is 16.0. The molecule has 0 fully saturated rings. The van der Waals surface area contributed by atoms with Gasteiger partial charge in [-0.25, -0.2) is 14.0 Å². The minimum absolute atomic E-state index is 0.192. The van der Waals surface area contributed by atoms with Crippen molar-refractivity contribution in [3.05, 3.63) is 29.6 Å². The number of hydrogen-bond acceptors (Lipinski definition) is 3. The lowest BCUT2D eigenvalue weighted by molar-refractivity contribution is -0.122.